The molecule has 0 saturated carbocycles. The fraction of sp³-hybridized carbons (Fsp3) is 0.154. The predicted octanol–water partition coefficient (Wildman–Crippen LogP) is 4.61. The molecule has 94 valence electrons. The number of anilines is 1. The Morgan fingerprint density at radius 1 is 1.06 bits per heavy atom. The van der Waals surface area contributed by atoms with Crippen LogP contribution in [-0.4, -0.2) is 11.5 Å². The van der Waals surface area contributed by atoms with Crippen molar-refractivity contribution in [1.82, 2.24) is 4.98 Å². The molecule has 18 heavy (non-hydrogen) atoms. The Morgan fingerprint density at radius 2 is 1.78 bits per heavy atom. The zero-order chi connectivity index (χ0) is 13.0. The molecule has 0 radical (unpaired) electrons. The molecule has 2 aromatic rings. The first kappa shape index (κ1) is 13.0. The molecule has 0 fully saturated rings. The second-order valence-corrected chi connectivity index (χ2v) is 4.52. The van der Waals surface area contributed by atoms with Gasteiger partial charge >= 0.3 is 0 Å². The van der Waals surface area contributed by atoms with Gasteiger partial charge in [-0.25, -0.2) is 0 Å². The molecule has 0 aliphatic carbocycles. The lowest BCUT2D eigenvalue weighted by molar-refractivity contribution is 0.480. The minimum Gasteiger partial charge on any atom is -0.456 e. The third-order valence-corrected chi connectivity index (χ3v) is 2.60. The minimum absolute atomic E-state index is 0.535. The standard InChI is InChI=1S/C13H12Cl2N2O/c1-2-17-11-6-13(8-16-7-11)18-12-4-9(14)3-10(15)5-12/h3-8,17H,2H2,1H3. The molecular formula is C13H12Cl2N2O. The molecule has 1 heterocycles. The van der Waals surface area contributed by atoms with E-state index in [0.717, 1.165) is 12.2 Å². The SMILES string of the molecule is CCNc1cncc(Oc2cc(Cl)cc(Cl)c2)c1. The summed E-state index contributed by atoms with van der Waals surface area (Å²) in [6.45, 7) is 2.85. The number of hydrogen-bond acceptors (Lipinski definition) is 3. The molecular weight excluding hydrogens is 271 g/mol. The van der Waals surface area contributed by atoms with Crippen LogP contribution >= 0.6 is 23.2 Å². The van der Waals surface area contributed by atoms with Gasteiger partial charge in [0.05, 0.1) is 18.1 Å². The van der Waals surface area contributed by atoms with Crippen LogP contribution in [-0.2, 0) is 0 Å². The van der Waals surface area contributed by atoms with E-state index in [4.69, 9.17) is 27.9 Å². The van der Waals surface area contributed by atoms with Gasteiger partial charge < -0.3 is 10.1 Å². The van der Waals surface area contributed by atoms with Gasteiger partial charge in [-0.3, -0.25) is 4.98 Å². The third kappa shape index (κ3) is 3.52. The number of ether oxygens (including phenoxy) is 1. The Morgan fingerprint density at radius 3 is 2.44 bits per heavy atom. The predicted molar refractivity (Wildman–Crippen MR) is 74.9 cm³/mol. The fourth-order valence-corrected chi connectivity index (χ4v) is 2.01. The normalized spacial score (nSPS) is 10.2. The van der Waals surface area contributed by atoms with Crippen LogP contribution in [0.4, 0.5) is 5.69 Å². The maximum atomic E-state index is 5.90. The van der Waals surface area contributed by atoms with Crippen LogP contribution in [0.3, 0.4) is 0 Å². The molecule has 0 aliphatic heterocycles. The van der Waals surface area contributed by atoms with E-state index < -0.39 is 0 Å². The van der Waals surface area contributed by atoms with Crippen molar-refractivity contribution in [3.05, 3.63) is 46.7 Å². The zero-order valence-electron chi connectivity index (χ0n) is 9.78. The average molecular weight is 283 g/mol. The number of nitrogens with one attached hydrogen (secondary N) is 1. The number of halogens is 2. The van der Waals surface area contributed by atoms with Crippen LogP contribution in [0.15, 0.2) is 36.7 Å². The van der Waals surface area contributed by atoms with Crippen LogP contribution in [0, 0.1) is 0 Å². The molecule has 0 saturated heterocycles. The van der Waals surface area contributed by atoms with Crippen LogP contribution < -0.4 is 10.1 Å². The van der Waals surface area contributed by atoms with Gasteiger partial charge in [-0.15, -0.1) is 0 Å². The number of pyridine rings is 1. The molecule has 2 rings (SSSR count). The maximum absolute atomic E-state index is 5.90. The Balaban J connectivity index is 2.20. The summed E-state index contributed by atoms with van der Waals surface area (Å²) >= 11 is 11.8. The molecule has 1 N–H and O–H groups in total. The second-order valence-electron chi connectivity index (χ2n) is 3.65. The van der Waals surface area contributed by atoms with Crippen molar-refractivity contribution in [1.29, 1.82) is 0 Å². The summed E-state index contributed by atoms with van der Waals surface area (Å²) in [7, 11) is 0. The summed E-state index contributed by atoms with van der Waals surface area (Å²) in [6, 6.07) is 6.93. The lowest BCUT2D eigenvalue weighted by Crippen LogP contribution is -1.97. The summed E-state index contributed by atoms with van der Waals surface area (Å²) < 4.78 is 5.66. The highest BCUT2D eigenvalue weighted by Crippen LogP contribution is 2.28. The van der Waals surface area contributed by atoms with Gasteiger partial charge in [-0.1, -0.05) is 23.2 Å². The summed E-state index contributed by atoms with van der Waals surface area (Å²) in [4.78, 5) is 4.09. The molecule has 5 heteroatoms. The number of nitrogens with zero attached hydrogens (tertiary/aromatic N) is 1. The summed E-state index contributed by atoms with van der Waals surface area (Å²) in [6.07, 6.45) is 3.37. The van der Waals surface area contributed by atoms with Crippen molar-refractivity contribution in [2.45, 2.75) is 6.92 Å². The van der Waals surface area contributed by atoms with Crippen LogP contribution in [0.1, 0.15) is 6.92 Å². The Labute approximate surface area is 116 Å². The van der Waals surface area contributed by atoms with E-state index >= 15 is 0 Å². The Bertz CT molecular complexity index is 526. The molecule has 0 aliphatic rings. The van der Waals surface area contributed by atoms with Crippen molar-refractivity contribution in [3.8, 4) is 11.5 Å². The topological polar surface area (TPSA) is 34.2 Å². The minimum atomic E-state index is 0.535. The molecule has 0 bridgehead atoms. The molecule has 1 aromatic heterocycles. The number of aromatic nitrogens is 1. The van der Waals surface area contributed by atoms with Gasteiger partial charge in [-0.05, 0) is 25.1 Å². The molecule has 3 nitrogen and oxygen atoms in total. The number of benzene rings is 1. The highest BCUT2D eigenvalue weighted by Gasteiger charge is 2.02. The van der Waals surface area contributed by atoms with E-state index in [9.17, 15) is 0 Å². The van der Waals surface area contributed by atoms with E-state index in [0.29, 0.717) is 21.5 Å². The number of rotatable bonds is 4. The van der Waals surface area contributed by atoms with Crippen molar-refractivity contribution < 1.29 is 4.74 Å². The van der Waals surface area contributed by atoms with Crippen LogP contribution in [0.2, 0.25) is 10.0 Å². The van der Waals surface area contributed by atoms with Gasteiger partial charge in [0, 0.05) is 22.7 Å². The first-order valence-corrected chi connectivity index (χ1v) is 6.26. The van der Waals surface area contributed by atoms with Crippen molar-refractivity contribution in [2.24, 2.45) is 0 Å². The quantitative estimate of drug-likeness (QED) is 0.889. The number of hydrogen-bond donors (Lipinski definition) is 1. The Hall–Kier alpha value is -1.45. The smallest absolute Gasteiger partial charge is 0.147 e. The molecule has 1 aromatic carbocycles. The lowest BCUT2D eigenvalue weighted by atomic mass is 10.3. The first-order chi connectivity index (χ1) is 8.67. The highest BCUT2D eigenvalue weighted by molar-refractivity contribution is 6.34. The molecule has 0 unspecified atom stereocenters. The van der Waals surface area contributed by atoms with Crippen molar-refractivity contribution in [3.63, 3.8) is 0 Å². The van der Waals surface area contributed by atoms with E-state index in [1.165, 1.54) is 0 Å². The maximum Gasteiger partial charge on any atom is 0.147 e. The largest absolute Gasteiger partial charge is 0.456 e. The van der Waals surface area contributed by atoms with E-state index in [1.807, 2.05) is 13.0 Å². The van der Waals surface area contributed by atoms with Gasteiger partial charge in [0.25, 0.3) is 0 Å². The van der Waals surface area contributed by atoms with Crippen molar-refractivity contribution in [2.75, 3.05) is 11.9 Å². The van der Waals surface area contributed by atoms with Gasteiger partial charge in [-0.2, -0.15) is 0 Å². The second kappa shape index (κ2) is 5.94. The van der Waals surface area contributed by atoms with Gasteiger partial charge in [0.1, 0.15) is 11.5 Å². The highest BCUT2D eigenvalue weighted by atomic mass is 35.5. The summed E-state index contributed by atoms with van der Waals surface area (Å²) in [5.41, 5.74) is 0.906. The van der Waals surface area contributed by atoms with Crippen LogP contribution in [0.5, 0.6) is 11.5 Å². The fourth-order valence-electron chi connectivity index (χ4n) is 1.50. The summed E-state index contributed by atoms with van der Waals surface area (Å²) in [5, 5.41) is 4.23. The first-order valence-electron chi connectivity index (χ1n) is 5.50. The lowest BCUT2D eigenvalue weighted by Gasteiger charge is -2.08. The molecule has 0 amide bonds. The summed E-state index contributed by atoms with van der Waals surface area (Å²) in [5.74, 6) is 1.22. The van der Waals surface area contributed by atoms with E-state index in [2.05, 4.69) is 10.3 Å². The molecule has 0 atom stereocenters. The Kier molecular flexibility index (Phi) is 4.28. The molecule has 0 spiro atoms. The monoisotopic (exact) mass is 282 g/mol. The third-order valence-electron chi connectivity index (χ3n) is 2.17. The van der Waals surface area contributed by atoms with Gasteiger partial charge in [0.2, 0.25) is 0 Å². The van der Waals surface area contributed by atoms with E-state index in [1.54, 1.807) is 30.6 Å². The van der Waals surface area contributed by atoms with Crippen LogP contribution in [0.25, 0.3) is 0 Å². The van der Waals surface area contributed by atoms with E-state index in [-0.39, 0.29) is 0 Å². The van der Waals surface area contributed by atoms with Gasteiger partial charge in [0.15, 0.2) is 0 Å². The zero-order valence-corrected chi connectivity index (χ0v) is 11.3. The average Bonchev–Trinajstić information content (AvgIpc) is 2.28. The van der Waals surface area contributed by atoms with Crippen molar-refractivity contribution >= 4 is 28.9 Å².